The maximum Gasteiger partial charge on any atom is 0.120 e. The van der Waals surface area contributed by atoms with E-state index in [4.69, 9.17) is 21.6 Å². The second kappa shape index (κ2) is 4.68. The topological polar surface area (TPSA) is 33.0 Å². The van der Waals surface area contributed by atoms with Crippen LogP contribution in [0.4, 0.5) is 0 Å². The number of rotatable bonds is 2. The summed E-state index contributed by atoms with van der Waals surface area (Å²) in [5, 5.41) is 9.19. The average molecular weight is 308 g/mol. The van der Waals surface area contributed by atoms with Gasteiger partial charge in [0.2, 0.25) is 0 Å². The number of ether oxygens (including phenoxy) is 1. The first-order chi connectivity index (χ1) is 6.19. The fourth-order valence-corrected chi connectivity index (χ4v) is 1.78. The maximum atomic E-state index is 8.55. The van der Waals surface area contributed by atoms with Crippen LogP contribution in [-0.4, -0.2) is 7.11 Å². The number of nitrogens with zero attached hydrogens (tertiary/aromatic N) is 1. The van der Waals surface area contributed by atoms with Crippen molar-refractivity contribution in [1.82, 2.24) is 0 Å². The molecule has 0 spiro atoms. The monoisotopic (exact) mass is 307 g/mol. The lowest BCUT2D eigenvalue weighted by molar-refractivity contribution is 0.414. The molecule has 0 aliphatic rings. The third kappa shape index (κ3) is 2.48. The molecular weight excluding hydrogens is 300 g/mol. The quantitative estimate of drug-likeness (QED) is 0.787. The molecule has 0 N–H and O–H groups in total. The van der Waals surface area contributed by atoms with Gasteiger partial charge in [-0.1, -0.05) is 11.6 Å². The highest BCUT2D eigenvalue weighted by molar-refractivity contribution is 14.1. The molecular formula is C9H7ClINO. The first-order valence-corrected chi connectivity index (χ1v) is 5.03. The van der Waals surface area contributed by atoms with Crippen LogP contribution in [0.15, 0.2) is 12.1 Å². The van der Waals surface area contributed by atoms with Crippen LogP contribution in [0.2, 0.25) is 5.02 Å². The van der Waals surface area contributed by atoms with E-state index in [9.17, 15) is 0 Å². The lowest BCUT2D eigenvalue weighted by Crippen LogP contribution is -1.90. The standard InChI is InChI=1S/C9H7ClINO/c1-13-7-4-6(2-3-12)9(10)8(11)5-7/h4-5H,2H2,1H3. The molecule has 13 heavy (non-hydrogen) atoms. The summed E-state index contributed by atoms with van der Waals surface area (Å²) in [5.41, 5.74) is 0.813. The maximum absolute atomic E-state index is 8.55. The Labute approximate surface area is 95.6 Å². The highest BCUT2D eigenvalue weighted by Crippen LogP contribution is 2.28. The van der Waals surface area contributed by atoms with Gasteiger partial charge in [-0.15, -0.1) is 0 Å². The molecule has 0 saturated carbocycles. The lowest BCUT2D eigenvalue weighted by Gasteiger charge is -2.06. The minimum atomic E-state index is 0.312. The predicted octanol–water partition coefficient (Wildman–Crippen LogP) is 3.02. The van der Waals surface area contributed by atoms with E-state index in [2.05, 4.69) is 28.7 Å². The minimum absolute atomic E-state index is 0.312. The van der Waals surface area contributed by atoms with Gasteiger partial charge in [0.15, 0.2) is 0 Å². The molecule has 0 aliphatic heterocycles. The molecule has 1 rings (SSSR count). The molecule has 0 aromatic heterocycles. The number of benzene rings is 1. The van der Waals surface area contributed by atoms with Gasteiger partial charge in [-0.3, -0.25) is 0 Å². The Hall–Kier alpha value is -0.470. The number of halogens is 2. The van der Waals surface area contributed by atoms with Crippen LogP contribution < -0.4 is 4.74 Å². The third-order valence-electron chi connectivity index (χ3n) is 1.58. The first-order valence-electron chi connectivity index (χ1n) is 3.58. The van der Waals surface area contributed by atoms with Gasteiger partial charge < -0.3 is 4.74 Å². The number of hydrogen-bond donors (Lipinski definition) is 0. The molecule has 1 aromatic rings. The van der Waals surface area contributed by atoms with E-state index in [0.717, 1.165) is 14.9 Å². The molecule has 0 amide bonds. The van der Waals surface area contributed by atoms with Crippen molar-refractivity contribution in [1.29, 1.82) is 5.26 Å². The normalized spacial score (nSPS) is 9.38. The Bertz CT molecular complexity index is 359. The van der Waals surface area contributed by atoms with E-state index in [-0.39, 0.29) is 0 Å². The Morgan fingerprint density at radius 1 is 1.62 bits per heavy atom. The van der Waals surface area contributed by atoms with Crippen LogP contribution in [0.3, 0.4) is 0 Å². The molecule has 0 aliphatic carbocycles. The highest BCUT2D eigenvalue weighted by atomic mass is 127. The average Bonchev–Trinajstić information content (AvgIpc) is 2.13. The Morgan fingerprint density at radius 2 is 2.31 bits per heavy atom. The van der Waals surface area contributed by atoms with Gasteiger partial charge >= 0.3 is 0 Å². The van der Waals surface area contributed by atoms with E-state index < -0.39 is 0 Å². The van der Waals surface area contributed by atoms with Gasteiger partial charge in [0.25, 0.3) is 0 Å². The summed E-state index contributed by atoms with van der Waals surface area (Å²) in [5.74, 6) is 0.735. The van der Waals surface area contributed by atoms with Gasteiger partial charge in [-0.2, -0.15) is 5.26 Å². The molecule has 1 aromatic carbocycles. The van der Waals surface area contributed by atoms with Crippen LogP contribution in [0.5, 0.6) is 5.75 Å². The zero-order valence-electron chi connectivity index (χ0n) is 6.97. The zero-order valence-corrected chi connectivity index (χ0v) is 9.89. The molecule has 68 valence electrons. The van der Waals surface area contributed by atoms with Crippen LogP contribution in [0.25, 0.3) is 0 Å². The van der Waals surface area contributed by atoms with E-state index in [1.807, 2.05) is 6.07 Å². The van der Waals surface area contributed by atoms with Crippen LogP contribution in [0.1, 0.15) is 5.56 Å². The van der Waals surface area contributed by atoms with Crippen LogP contribution >= 0.6 is 34.2 Å². The Kier molecular flexibility index (Phi) is 3.82. The van der Waals surface area contributed by atoms with Crippen molar-refractivity contribution in [2.45, 2.75) is 6.42 Å². The Morgan fingerprint density at radius 3 is 2.85 bits per heavy atom. The molecule has 0 atom stereocenters. The fourth-order valence-electron chi connectivity index (χ4n) is 0.950. The molecule has 0 fully saturated rings. The van der Waals surface area contributed by atoms with Crippen molar-refractivity contribution in [2.75, 3.05) is 7.11 Å². The van der Waals surface area contributed by atoms with Crippen molar-refractivity contribution in [3.05, 3.63) is 26.3 Å². The summed E-state index contributed by atoms with van der Waals surface area (Å²) >= 11 is 8.10. The summed E-state index contributed by atoms with van der Waals surface area (Å²) in [6.07, 6.45) is 0.312. The SMILES string of the molecule is COc1cc(I)c(Cl)c(CC#N)c1. The van der Waals surface area contributed by atoms with Crippen molar-refractivity contribution < 1.29 is 4.74 Å². The van der Waals surface area contributed by atoms with Gasteiger partial charge in [-0.05, 0) is 40.3 Å². The molecule has 2 nitrogen and oxygen atoms in total. The molecule has 0 unspecified atom stereocenters. The van der Waals surface area contributed by atoms with E-state index in [0.29, 0.717) is 11.4 Å². The second-order valence-electron chi connectivity index (χ2n) is 2.42. The summed E-state index contributed by atoms with van der Waals surface area (Å²) < 4.78 is 5.97. The van der Waals surface area contributed by atoms with Crippen LogP contribution in [0, 0.1) is 14.9 Å². The number of nitriles is 1. The largest absolute Gasteiger partial charge is 0.497 e. The molecule has 0 saturated heterocycles. The molecule has 4 heteroatoms. The first kappa shape index (κ1) is 10.6. The van der Waals surface area contributed by atoms with E-state index in [1.165, 1.54) is 0 Å². The van der Waals surface area contributed by atoms with Crippen molar-refractivity contribution in [3.8, 4) is 11.8 Å². The minimum Gasteiger partial charge on any atom is -0.497 e. The van der Waals surface area contributed by atoms with Gasteiger partial charge in [0.05, 0.1) is 24.6 Å². The summed E-state index contributed by atoms with van der Waals surface area (Å²) in [4.78, 5) is 0. The summed E-state index contributed by atoms with van der Waals surface area (Å²) in [6, 6.07) is 5.68. The van der Waals surface area contributed by atoms with E-state index >= 15 is 0 Å². The fraction of sp³-hybridized carbons (Fsp3) is 0.222. The molecule has 0 heterocycles. The smallest absolute Gasteiger partial charge is 0.120 e. The number of methoxy groups -OCH3 is 1. The lowest BCUT2D eigenvalue weighted by atomic mass is 10.1. The predicted molar refractivity (Wildman–Crippen MR) is 60.0 cm³/mol. The highest BCUT2D eigenvalue weighted by Gasteiger charge is 2.06. The third-order valence-corrected chi connectivity index (χ3v) is 3.20. The summed E-state index contributed by atoms with van der Waals surface area (Å²) in [7, 11) is 1.59. The van der Waals surface area contributed by atoms with Gasteiger partial charge in [-0.25, -0.2) is 0 Å². The molecule has 0 bridgehead atoms. The summed E-state index contributed by atoms with van der Waals surface area (Å²) in [6.45, 7) is 0. The van der Waals surface area contributed by atoms with Gasteiger partial charge in [0, 0.05) is 3.57 Å². The second-order valence-corrected chi connectivity index (χ2v) is 3.96. The van der Waals surface area contributed by atoms with Crippen molar-refractivity contribution in [2.24, 2.45) is 0 Å². The molecule has 0 radical (unpaired) electrons. The Balaban J connectivity index is 3.18. The number of hydrogen-bond acceptors (Lipinski definition) is 2. The van der Waals surface area contributed by atoms with Crippen LogP contribution in [-0.2, 0) is 6.42 Å². The van der Waals surface area contributed by atoms with Crippen molar-refractivity contribution >= 4 is 34.2 Å². The van der Waals surface area contributed by atoms with Gasteiger partial charge in [0.1, 0.15) is 5.75 Å². The zero-order chi connectivity index (χ0) is 9.84. The van der Waals surface area contributed by atoms with Crippen molar-refractivity contribution in [3.63, 3.8) is 0 Å². The van der Waals surface area contributed by atoms with E-state index in [1.54, 1.807) is 13.2 Å².